The summed E-state index contributed by atoms with van der Waals surface area (Å²) in [4.78, 5) is 0. The minimum atomic E-state index is -0.578. The Hall–Kier alpha value is -1.09. The monoisotopic (exact) mass is 282 g/mol. The maximum Gasteiger partial charge on any atom is 0.165 e. The van der Waals surface area contributed by atoms with E-state index in [1.54, 1.807) is 12.1 Å². The maximum atomic E-state index is 13.5. The number of hydrogen-bond acceptors (Lipinski definition) is 2. The molecule has 114 valence electrons. The van der Waals surface area contributed by atoms with Crippen molar-refractivity contribution in [3.63, 3.8) is 0 Å². The van der Waals surface area contributed by atoms with Crippen LogP contribution < -0.4 is 4.74 Å². The highest BCUT2D eigenvalue weighted by Gasteiger charge is 2.10. The summed E-state index contributed by atoms with van der Waals surface area (Å²) in [5, 5.41) is 10.0. The Morgan fingerprint density at radius 2 is 1.75 bits per heavy atom. The van der Waals surface area contributed by atoms with Crippen LogP contribution in [0.2, 0.25) is 0 Å². The second kappa shape index (κ2) is 9.76. The average Bonchev–Trinajstić information content (AvgIpc) is 2.46. The smallest absolute Gasteiger partial charge is 0.165 e. The van der Waals surface area contributed by atoms with Crippen LogP contribution in [-0.2, 0) is 0 Å². The molecule has 20 heavy (non-hydrogen) atoms. The quantitative estimate of drug-likeness (QED) is 0.611. The molecule has 1 unspecified atom stereocenters. The van der Waals surface area contributed by atoms with Gasteiger partial charge in [-0.15, -0.1) is 0 Å². The van der Waals surface area contributed by atoms with Gasteiger partial charge in [0.15, 0.2) is 11.6 Å². The first-order valence-electron chi connectivity index (χ1n) is 7.70. The molecule has 0 radical (unpaired) electrons. The Morgan fingerprint density at radius 1 is 1.10 bits per heavy atom. The number of aliphatic hydroxyl groups excluding tert-OH is 1. The summed E-state index contributed by atoms with van der Waals surface area (Å²) in [6, 6.07) is 4.66. The molecule has 0 aliphatic rings. The molecule has 1 atom stereocenters. The molecule has 0 heterocycles. The van der Waals surface area contributed by atoms with E-state index in [0.29, 0.717) is 12.0 Å². The van der Waals surface area contributed by atoms with Gasteiger partial charge in [-0.2, -0.15) is 0 Å². The van der Waals surface area contributed by atoms with Gasteiger partial charge in [-0.05, 0) is 24.1 Å². The van der Waals surface area contributed by atoms with Crippen molar-refractivity contribution in [2.45, 2.75) is 64.4 Å². The molecular weight excluding hydrogens is 255 g/mol. The van der Waals surface area contributed by atoms with E-state index in [4.69, 9.17) is 4.74 Å². The minimum Gasteiger partial charge on any atom is -0.494 e. The molecule has 0 fully saturated rings. The van der Waals surface area contributed by atoms with Gasteiger partial charge in [0, 0.05) is 0 Å². The van der Waals surface area contributed by atoms with E-state index in [1.807, 2.05) is 0 Å². The van der Waals surface area contributed by atoms with Gasteiger partial charge in [0.1, 0.15) is 0 Å². The van der Waals surface area contributed by atoms with Crippen LogP contribution in [0.15, 0.2) is 18.2 Å². The van der Waals surface area contributed by atoms with Crippen molar-refractivity contribution in [3.05, 3.63) is 29.6 Å². The normalized spacial score (nSPS) is 12.4. The number of unbranched alkanes of at least 4 members (excludes halogenated alkanes) is 6. The lowest BCUT2D eigenvalue weighted by atomic mass is 10.0. The van der Waals surface area contributed by atoms with Crippen molar-refractivity contribution in [1.82, 2.24) is 0 Å². The van der Waals surface area contributed by atoms with Gasteiger partial charge in [0.25, 0.3) is 0 Å². The fourth-order valence-corrected chi connectivity index (χ4v) is 2.35. The highest BCUT2D eigenvalue weighted by molar-refractivity contribution is 5.30. The van der Waals surface area contributed by atoms with Gasteiger partial charge in [-0.25, -0.2) is 4.39 Å². The SMILES string of the molecule is CCCCCCCCCC(O)c1ccc(OC)c(F)c1. The summed E-state index contributed by atoms with van der Waals surface area (Å²) in [6.07, 6.45) is 8.63. The average molecular weight is 282 g/mol. The lowest BCUT2D eigenvalue weighted by molar-refractivity contribution is 0.162. The van der Waals surface area contributed by atoms with E-state index in [9.17, 15) is 9.50 Å². The van der Waals surface area contributed by atoms with Crippen LogP contribution in [0.5, 0.6) is 5.75 Å². The first-order valence-corrected chi connectivity index (χ1v) is 7.70. The molecule has 0 aliphatic carbocycles. The zero-order chi connectivity index (χ0) is 14.8. The number of aliphatic hydroxyl groups is 1. The molecule has 1 rings (SSSR count). The third-order valence-corrected chi connectivity index (χ3v) is 3.64. The molecule has 2 nitrogen and oxygen atoms in total. The molecule has 0 saturated heterocycles. The zero-order valence-corrected chi connectivity index (χ0v) is 12.7. The molecule has 0 spiro atoms. The molecule has 1 N–H and O–H groups in total. The van der Waals surface area contributed by atoms with Crippen LogP contribution in [0.4, 0.5) is 4.39 Å². The molecule has 0 amide bonds. The van der Waals surface area contributed by atoms with Crippen LogP contribution in [0.3, 0.4) is 0 Å². The third-order valence-electron chi connectivity index (χ3n) is 3.64. The van der Waals surface area contributed by atoms with Crippen molar-refractivity contribution >= 4 is 0 Å². The van der Waals surface area contributed by atoms with Gasteiger partial charge >= 0.3 is 0 Å². The maximum absolute atomic E-state index is 13.5. The second-order valence-electron chi connectivity index (χ2n) is 5.32. The lowest BCUT2D eigenvalue weighted by Crippen LogP contribution is -1.99. The number of benzene rings is 1. The predicted octanol–water partition coefficient (Wildman–Crippen LogP) is 5.01. The molecule has 1 aromatic carbocycles. The molecule has 0 aromatic heterocycles. The number of halogens is 1. The van der Waals surface area contributed by atoms with E-state index in [-0.39, 0.29) is 5.75 Å². The minimum absolute atomic E-state index is 0.219. The number of ether oxygens (including phenoxy) is 1. The van der Waals surface area contributed by atoms with E-state index in [2.05, 4.69) is 6.92 Å². The summed E-state index contributed by atoms with van der Waals surface area (Å²) in [5.74, 6) is -0.194. The molecule has 3 heteroatoms. The molecule has 0 bridgehead atoms. The van der Waals surface area contributed by atoms with E-state index < -0.39 is 11.9 Å². The number of rotatable bonds is 10. The number of hydrogen-bond donors (Lipinski definition) is 1. The van der Waals surface area contributed by atoms with Crippen LogP contribution in [0.25, 0.3) is 0 Å². The van der Waals surface area contributed by atoms with Crippen molar-refractivity contribution in [3.8, 4) is 5.75 Å². The summed E-state index contributed by atoms with van der Waals surface area (Å²) in [5.41, 5.74) is 0.634. The fourth-order valence-electron chi connectivity index (χ4n) is 2.35. The van der Waals surface area contributed by atoms with Gasteiger partial charge < -0.3 is 9.84 Å². The van der Waals surface area contributed by atoms with E-state index >= 15 is 0 Å². The molecule has 1 aromatic rings. The summed E-state index contributed by atoms with van der Waals surface area (Å²) >= 11 is 0. The standard InChI is InChI=1S/C17H27FO2/c1-3-4-5-6-7-8-9-10-16(19)14-11-12-17(20-2)15(18)13-14/h11-13,16,19H,3-10H2,1-2H3. The van der Waals surface area contributed by atoms with Gasteiger partial charge in [0.2, 0.25) is 0 Å². The Bertz CT molecular complexity index is 379. The first-order chi connectivity index (χ1) is 9.69. The summed E-state index contributed by atoms with van der Waals surface area (Å²) in [6.45, 7) is 2.21. The van der Waals surface area contributed by atoms with Gasteiger partial charge in [-0.3, -0.25) is 0 Å². The third kappa shape index (κ3) is 5.91. The summed E-state index contributed by atoms with van der Waals surface area (Å²) in [7, 11) is 1.44. The second-order valence-corrected chi connectivity index (χ2v) is 5.32. The van der Waals surface area contributed by atoms with Gasteiger partial charge in [0.05, 0.1) is 13.2 Å². The predicted molar refractivity (Wildman–Crippen MR) is 80.5 cm³/mol. The van der Waals surface area contributed by atoms with Crippen LogP contribution in [0.1, 0.15) is 70.0 Å². The highest BCUT2D eigenvalue weighted by Crippen LogP contribution is 2.25. The Labute approximate surface area is 122 Å². The molecule has 0 aliphatic heterocycles. The van der Waals surface area contributed by atoms with Crippen LogP contribution >= 0.6 is 0 Å². The lowest BCUT2D eigenvalue weighted by Gasteiger charge is -2.12. The van der Waals surface area contributed by atoms with Crippen LogP contribution in [0, 0.1) is 5.82 Å². The Kier molecular flexibility index (Phi) is 8.28. The Morgan fingerprint density at radius 3 is 2.35 bits per heavy atom. The van der Waals surface area contributed by atoms with Crippen molar-refractivity contribution < 1.29 is 14.2 Å². The van der Waals surface area contributed by atoms with Gasteiger partial charge in [-0.1, -0.05) is 57.9 Å². The zero-order valence-electron chi connectivity index (χ0n) is 12.7. The Balaban J connectivity index is 2.25. The van der Waals surface area contributed by atoms with E-state index in [0.717, 1.165) is 12.8 Å². The first kappa shape index (κ1) is 17.0. The fraction of sp³-hybridized carbons (Fsp3) is 0.647. The topological polar surface area (TPSA) is 29.5 Å². The largest absolute Gasteiger partial charge is 0.494 e. The van der Waals surface area contributed by atoms with Crippen molar-refractivity contribution in [1.29, 1.82) is 0 Å². The van der Waals surface area contributed by atoms with Crippen molar-refractivity contribution in [2.24, 2.45) is 0 Å². The molecule has 0 saturated carbocycles. The van der Waals surface area contributed by atoms with Crippen molar-refractivity contribution in [2.75, 3.05) is 7.11 Å². The van der Waals surface area contributed by atoms with E-state index in [1.165, 1.54) is 45.3 Å². The highest BCUT2D eigenvalue weighted by atomic mass is 19.1. The van der Waals surface area contributed by atoms with Crippen LogP contribution in [-0.4, -0.2) is 12.2 Å². The number of methoxy groups -OCH3 is 1. The molecular formula is C17H27FO2. The summed E-state index contributed by atoms with van der Waals surface area (Å²) < 4.78 is 18.4.